The molecule has 0 aliphatic carbocycles. The number of halogens is 2. The Hall–Kier alpha value is -2.83. The van der Waals surface area contributed by atoms with E-state index in [2.05, 4.69) is 12.2 Å². The van der Waals surface area contributed by atoms with E-state index in [1.165, 1.54) is 50.0 Å². The molecule has 0 atom stereocenters. The molecule has 6 nitrogen and oxygen atoms in total. The van der Waals surface area contributed by atoms with Crippen molar-refractivity contribution in [1.82, 2.24) is 5.32 Å². The van der Waals surface area contributed by atoms with Crippen LogP contribution in [0.2, 0.25) is 10.0 Å². The molecule has 33 heavy (non-hydrogen) atoms. The SMILES string of the molecule is CCCCCCCCOc1ccc(C=C2C(=O)NC(=O)N(c3ccc(Cl)c(Cl)c3)C2=O)cc1. The molecule has 8 heteroatoms. The Morgan fingerprint density at radius 2 is 1.61 bits per heavy atom. The predicted octanol–water partition coefficient (Wildman–Crippen LogP) is 6.40. The number of rotatable bonds is 10. The molecule has 2 aromatic rings. The molecule has 0 unspecified atom stereocenters. The molecule has 174 valence electrons. The number of carbonyl (C=O) groups is 3. The van der Waals surface area contributed by atoms with Crippen LogP contribution in [0.5, 0.6) is 5.75 Å². The van der Waals surface area contributed by atoms with E-state index in [-0.39, 0.29) is 21.3 Å². The molecule has 1 N–H and O–H groups in total. The highest BCUT2D eigenvalue weighted by Crippen LogP contribution is 2.29. The minimum absolute atomic E-state index is 0.165. The largest absolute Gasteiger partial charge is 0.494 e. The molecule has 1 fully saturated rings. The molecule has 0 bridgehead atoms. The Labute approximate surface area is 203 Å². The van der Waals surface area contributed by atoms with Crippen LogP contribution >= 0.6 is 23.2 Å². The molecule has 1 aliphatic rings. The molecule has 0 aromatic heterocycles. The first kappa shape index (κ1) is 24.8. The number of nitrogens with zero attached hydrogens (tertiary/aromatic N) is 1. The Bertz CT molecular complexity index is 1050. The zero-order valence-electron chi connectivity index (χ0n) is 18.4. The molecule has 1 saturated heterocycles. The number of hydrogen-bond acceptors (Lipinski definition) is 4. The number of nitrogens with one attached hydrogen (secondary N) is 1. The first-order valence-electron chi connectivity index (χ1n) is 11.0. The summed E-state index contributed by atoms with van der Waals surface area (Å²) in [6.07, 6.45) is 8.58. The van der Waals surface area contributed by atoms with Gasteiger partial charge in [0.15, 0.2) is 0 Å². The number of unbranched alkanes of at least 4 members (excludes halogenated alkanes) is 5. The van der Waals surface area contributed by atoms with Crippen molar-refractivity contribution in [3.05, 3.63) is 63.6 Å². The first-order valence-corrected chi connectivity index (χ1v) is 11.8. The third-order valence-corrected chi connectivity index (χ3v) is 5.96. The van der Waals surface area contributed by atoms with Gasteiger partial charge in [-0.3, -0.25) is 14.9 Å². The average Bonchev–Trinajstić information content (AvgIpc) is 2.79. The number of amides is 4. The Balaban J connectivity index is 1.66. The van der Waals surface area contributed by atoms with Crippen molar-refractivity contribution in [2.75, 3.05) is 11.5 Å². The van der Waals surface area contributed by atoms with Crippen molar-refractivity contribution in [2.45, 2.75) is 45.4 Å². The maximum Gasteiger partial charge on any atom is 0.335 e. The molecular formula is C25H26Cl2N2O4. The van der Waals surface area contributed by atoms with Crippen molar-refractivity contribution in [1.29, 1.82) is 0 Å². The summed E-state index contributed by atoms with van der Waals surface area (Å²) in [7, 11) is 0. The maximum absolute atomic E-state index is 13.0. The van der Waals surface area contributed by atoms with Gasteiger partial charge in [-0.05, 0) is 48.4 Å². The molecule has 0 saturated carbocycles. The fourth-order valence-electron chi connectivity index (χ4n) is 3.42. The minimum atomic E-state index is -0.848. The minimum Gasteiger partial charge on any atom is -0.494 e. The summed E-state index contributed by atoms with van der Waals surface area (Å²) in [5, 5.41) is 2.66. The second kappa shape index (κ2) is 11.9. The van der Waals surface area contributed by atoms with Crippen LogP contribution in [-0.4, -0.2) is 24.5 Å². The smallest absolute Gasteiger partial charge is 0.335 e. The van der Waals surface area contributed by atoms with E-state index < -0.39 is 17.8 Å². The summed E-state index contributed by atoms with van der Waals surface area (Å²) < 4.78 is 5.77. The number of benzene rings is 2. The van der Waals surface area contributed by atoms with Crippen LogP contribution in [0.1, 0.15) is 51.0 Å². The summed E-state index contributed by atoms with van der Waals surface area (Å²) in [6, 6.07) is 10.6. The summed E-state index contributed by atoms with van der Waals surface area (Å²) in [6.45, 7) is 2.85. The normalized spacial score (nSPS) is 15.2. The van der Waals surface area contributed by atoms with E-state index in [4.69, 9.17) is 27.9 Å². The maximum atomic E-state index is 13.0. The van der Waals surface area contributed by atoms with Crippen molar-refractivity contribution >= 4 is 52.8 Å². The molecule has 3 rings (SSSR count). The van der Waals surface area contributed by atoms with Gasteiger partial charge < -0.3 is 4.74 Å². The number of carbonyl (C=O) groups excluding carboxylic acids is 3. The first-order chi connectivity index (χ1) is 15.9. The highest BCUT2D eigenvalue weighted by atomic mass is 35.5. The van der Waals surface area contributed by atoms with Crippen molar-refractivity contribution in [3.63, 3.8) is 0 Å². The second-order valence-corrected chi connectivity index (χ2v) is 8.56. The molecule has 1 aliphatic heterocycles. The van der Waals surface area contributed by atoms with Crippen molar-refractivity contribution in [3.8, 4) is 5.75 Å². The number of urea groups is 1. The van der Waals surface area contributed by atoms with Gasteiger partial charge in [-0.2, -0.15) is 0 Å². The summed E-state index contributed by atoms with van der Waals surface area (Å²) in [5.41, 5.74) is 0.675. The van der Waals surface area contributed by atoms with E-state index in [1.54, 1.807) is 24.3 Å². The lowest BCUT2D eigenvalue weighted by Crippen LogP contribution is -2.54. The highest BCUT2D eigenvalue weighted by Gasteiger charge is 2.37. The van der Waals surface area contributed by atoms with Gasteiger partial charge in [-0.15, -0.1) is 0 Å². The van der Waals surface area contributed by atoms with Crippen molar-refractivity contribution in [2.24, 2.45) is 0 Å². The zero-order chi connectivity index (χ0) is 23.8. The molecule has 0 radical (unpaired) electrons. The van der Waals surface area contributed by atoms with Crippen molar-refractivity contribution < 1.29 is 19.1 Å². The lowest BCUT2D eigenvalue weighted by Gasteiger charge is -2.26. The van der Waals surface area contributed by atoms with Gasteiger partial charge in [0.1, 0.15) is 11.3 Å². The number of anilines is 1. The third-order valence-electron chi connectivity index (χ3n) is 5.22. The van der Waals surface area contributed by atoms with Gasteiger partial charge in [-0.1, -0.05) is 74.4 Å². The Morgan fingerprint density at radius 3 is 2.30 bits per heavy atom. The van der Waals surface area contributed by atoms with E-state index >= 15 is 0 Å². The van der Waals surface area contributed by atoms with E-state index in [0.29, 0.717) is 12.2 Å². The zero-order valence-corrected chi connectivity index (χ0v) is 19.9. The van der Waals surface area contributed by atoms with Crippen LogP contribution in [0.15, 0.2) is 48.0 Å². The quantitative estimate of drug-likeness (QED) is 0.238. The number of ether oxygens (including phenoxy) is 1. The number of barbiturate groups is 1. The molecular weight excluding hydrogens is 463 g/mol. The van der Waals surface area contributed by atoms with Gasteiger partial charge in [0.2, 0.25) is 0 Å². The lowest BCUT2D eigenvalue weighted by molar-refractivity contribution is -0.122. The fourth-order valence-corrected chi connectivity index (χ4v) is 3.71. The second-order valence-electron chi connectivity index (χ2n) is 7.74. The Morgan fingerprint density at radius 1 is 0.909 bits per heavy atom. The number of imide groups is 2. The average molecular weight is 489 g/mol. The van der Waals surface area contributed by atoms with E-state index in [1.807, 2.05) is 0 Å². The molecule has 0 spiro atoms. The molecule has 4 amide bonds. The number of hydrogen-bond donors (Lipinski definition) is 1. The van der Waals surface area contributed by atoms with Crippen LogP contribution in [0, 0.1) is 0 Å². The van der Waals surface area contributed by atoms with Gasteiger partial charge in [-0.25, -0.2) is 9.69 Å². The van der Waals surface area contributed by atoms with E-state index in [9.17, 15) is 14.4 Å². The van der Waals surface area contributed by atoms with Crippen LogP contribution < -0.4 is 15.0 Å². The van der Waals surface area contributed by atoms with Crippen LogP contribution in [0.4, 0.5) is 10.5 Å². The Kier molecular flexibility index (Phi) is 8.92. The highest BCUT2D eigenvalue weighted by molar-refractivity contribution is 6.43. The fraction of sp³-hybridized carbons (Fsp3) is 0.320. The summed E-state index contributed by atoms with van der Waals surface area (Å²) >= 11 is 11.9. The van der Waals surface area contributed by atoms with Crippen LogP contribution in [-0.2, 0) is 9.59 Å². The van der Waals surface area contributed by atoms with Gasteiger partial charge in [0.05, 0.1) is 22.3 Å². The van der Waals surface area contributed by atoms with Gasteiger partial charge >= 0.3 is 6.03 Å². The van der Waals surface area contributed by atoms with Gasteiger partial charge in [0, 0.05) is 0 Å². The van der Waals surface area contributed by atoms with E-state index in [0.717, 1.165) is 23.5 Å². The van der Waals surface area contributed by atoms with Crippen LogP contribution in [0.25, 0.3) is 6.08 Å². The topological polar surface area (TPSA) is 75.7 Å². The lowest BCUT2D eigenvalue weighted by atomic mass is 10.1. The molecule has 2 aromatic carbocycles. The monoisotopic (exact) mass is 488 g/mol. The predicted molar refractivity (Wildman–Crippen MR) is 131 cm³/mol. The van der Waals surface area contributed by atoms with Crippen LogP contribution in [0.3, 0.4) is 0 Å². The standard InChI is InChI=1S/C25H26Cl2N2O4/c1-2-3-4-5-6-7-14-33-19-11-8-17(9-12-19)15-20-23(30)28-25(32)29(24(20)31)18-10-13-21(26)22(27)16-18/h8-13,15-16H,2-7,14H2,1H3,(H,28,30,32). The summed E-state index contributed by atoms with van der Waals surface area (Å²) in [4.78, 5) is 38.5. The third kappa shape index (κ3) is 6.59. The molecule has 1 heterocycles. The van der Waals surface area contributed by atoms with Gasteiger partial charge in [0.25, 0.3) is 11.8 Å². The summed E-state index contributed by atoms with van der Waals surface area (Å²) in [5.74, 6) is -0.784.